The normalized spacial score (nSPS) is 14.1. The molecule has 216 valence electrons. The highest BCUT2D eigenvalue weighted by Gasteiger charge is 2.24. The highest BCUT2D eigenvalue weighted by Crippen LogP contribution is 2.33. The number of hydrogen-bond acceptors (Lipinski definition) is 7. The topological polar surface area (TPSA) is 84.0 Å². The van der Waals surface area contributed by atoms with Gasteiger partial charge in [-0.25, -0.2) is 13.4 Å². The molecule has 0 atom stereocenters. The summed E-state index contributed by atoms with van der Waals surface area (Å²) in [5, 5.41) is 0.891. The standard InChI is InChI=1S/C29H36Cl2N4O4S/c1-5-35-13-11-22-18-26(33-40(36,37)28-8-6-7-23(30)20(28)2)29(32-25(22)12-14-35)39-19-21-9-10-24(31)27(17-21)38-16-15-34(3)4/h6-10,17-18,33H,5,11-16,19H2,1-4H3. The molecular formula is C29H36Cl2N4O4S. The van der Waals surface area contributed by atoms with Crippen LogP contribution in [0.1, 0.15) is 29.3 Å². The molecule has 3 aromatic rings. The Bertz CT molecular complexity index is 1450. The molecule has 2 heterocycles. The summed E-state index contributed by atoms with van der Waals surface area (Å²) in [4.78, 5) is 9.31. The van der Waals surface area contributed by atoms with Crippen molar-refractivity contribution in [2.75, 3.05) is 51.6 Å². The lowest BCUT2D eigenvalue weighted by Crippen LogP contribution is -2.25. The number of anilines is 1. The zero-order valence-corrected chi connectivity index (χ0v) is 25.7. The van der Waals surface area contributed by atoms with Gasteiger partial charge < -0.3 is 19.3 Å². The number of halogens is 2. The predicted molar refractivity (Wildman–Crippen MR) is 161 cm³/mol. The molecule has 11 heteroatoms. The van der Waals surface area contributed by atoms with Crippen molar-refractivity contribution in [2.24, 2.45) is 0 Å². The average Bonchev–Trinajstić information content (AvgIpc) is 3.11. The van der Waals surface area contributed by atoms with Crippen molar-refractivity contribution < 1.29 is 17.9 Å². The second kappa shape index (κ2) is 13.4. The smallest absolute Gasteiger partial charge is 0.262 e. The SMILES string of the molecule is CCN1CCc2cc(NS(=O)(=O)c3cccc(Cl)c3C)c(OCc3ccc(Cl)c(OCCN(C)C)c3)nc2CC1. The van der Waals surface area contributed by atoms with E-state index in [1.54, 1.807) is 25.1 Å². The van der Waals surface area contributed by atoms with E-state index in [1.807, 2.05) is 37.2 Å². The van der Waals surface area contributed by atoms with Crippen molar-refractivity contribution in [2.45, 2.75) is 38.2 Å². The molecule has 4 rings (SSSR count). The van der Waals surface area contributed by atoms with Crippen LogP contribution in [0.15, 0.2) is 47.4 Å². The third-order valence-electron chi connectivity index (χ3n) is 6.88. The number of aromatic nitrogens is 1. The number of fused-ring (bicyclic) bond motifs is 1. The summed E-state index contributed by atoms with van der Waals surface area (Å²) in [6, 6.07) is 12.1. The van der Waals surface area contributed by atoms with Crippen molar-refractivity contribution in [3.63, 3.8) is 0 Å². The molecule has 1 aliphatic rings. The van der Waals surface area contributed by atoms with Crippen molar-refractivity contribution in [1.82, 2.24) is 14.8 Å². The average molecular weight is 608 g/mol. The van der Waals surface area contributed by atoms with Gasteiger partial charge >= 0.3 is 0 Å². The number of rotatable bonds is 11. The number of likely N-dealkylation sites (N-methyl/N-ethyl adjacent to an activating group) is 2. The Morgan fingerprint density at radius 3 is 2.58 bits per heavy atom. The molecule has 1 aromatic heterocycles. The van der Waals surface area contributed by atoms with Gasteiger partial charge in [-0.3, -0.25) is 4.72 Å². The van der Waals surface area contributed by atoms with Gasteiger partial charge in [0.05, 0.1) is 9.92 Å². The minimum Gasteiger partial charge on any atom is -0.491 e. The quantitative estimate of drug-likeness (QED) is 0.311. The van der Waals surface area contributed by atoms with Crippen LogP contribution in [-0.2, 0) is 29.5 Å². The molecule has 0 spiro atoms. The fourth-order valence-electron chi connectivity index (χ4n) is 4.48. The van der Waals surface area contributed by atoms with Crippen LogP contribution in [0.25, 0.3) is 0 Å². The number of ether oxygens (including phenoxy) is 2. The summed E-state index contributed by atoms with van der Waals surface area (Å²) in [6.07, 6.45) is 1.52. The molecule has 0 saturated heterocycles. The number of nitrogens with zero attached hydrogens (tertiary/aromatic N) is 3. The van der Waals surface area contributed by atoms with Crippen molar-refractivity contribution in [3.8, 4) is 11.6 Å². The summed E-state index contributed by atoms with van der Waals surface area (Å²) in [7, 11) is -0.0104. The van der Waals surface area contributed by atoms with Gasteiger partial charge in [0.2, 0.25) is 5.88 Å². The number of nitrogens with one attached hydrogen (secondary N) is 1. The molecule has 1 N–H and O–H groups in total. The highest BCUT2D eigenvalue weighted by molar-refractivity contribution is 7.92. The van der Waals surface area contributed by atoms with Crippen LogP contribution in [0.3, 0.4) is 0 Å². The summed E-state index contributed by atoms with van der Waals surface area (Å²) in [6.45, 7) is 7.92. The zero-order chi connectivity index (χ0) is 28.9. The van der Waals surface area contributed by atoms with Gasteiger partial charge in [0.25, 0.3) is 10.0 Å². The predicted octanol–water partition coefficient (Wildman–Crippen LogP) is 5.44. The van der Waals surface area contributed by atoms with Crippen LogP contribution in [0.4, 0.5) is 5.69 Å². The molecular weight excluding hydrogens is 571 g/mol. The van der Waals surface area contributed by atoms with E-state index in [4.69, 9.17) is 37.7 Å². The molecule has 0 amide bonds. The molecule has 1 aliphatic heterocycles. The van der Waals surface area contributed by atoms with Gasteiger partial charge in [-0.05, 0) is 81.0 Å². The van der Waals surface area contributed by atoms with Crippen LogP contribution >= 0.6 is 23.2 Å². The molecule has 0 fully saturated rings. The summed E-state index contributed by atoms with van der Waals surface area (Å²) in [5.74, 6) is 0.786. The number of hydrogen-bond donors (Lipinski definition) is 1. The van der Waals surface area contributed by atoms with Crippen molar-refractivity contribution in [1.29, 1.82) is 0 Å². The highest BCUT2D eigenvalue weighted by atomic mass is 35.5. The Morgan fingerprint density at radius 1 is 1.05 bits per heavy atom. The molecule has 0 bridgehead atoms. The summed E-state index contributed by atoms with van der Waals surface area (Å²) < 4.78 is 41.7. The van der Waals surface area contributed by atoms with E-state index in [2.05, 4.69) is 16.5 Å². The van der Waals surface area contributed by atoms with E-state index in [0.717, 1.165) is 55.8 Å². The Morgan fingerprint density at radius 2 is 1.82 bits per heavy atom. The van der Waals surface area contributed by atoms with Gasteiger partial charge in [-0.2, -0.15) is 0 Å². The lowest BCUT2D eigenvalue weighted by Gasteiger charge is -2.17. The maximum atomic E-state index is 13.5. The van der Waals surface area contributed by atoms with E-state index in [1.165, 1.54) is 6.07 Å². The fourth-order valence-corrected chi connectivity index (χ4v) is 6.20. The van der Waals surface area contributed by atoms with E-state index in [9.17, 15) is 8.42 Å². The Labute approximate surface area is 247 Å². The third kappa shape index (κ3) is 7.59. The molecule has 0 radical (unpaired) electrons. The van der Waals surface area contributed by atoms with Crippen LogP contribution in [0, 0.1) is 6.92 Å². The van der Waals surface area contributed by atoms with Gasteiger partial charge in [-0.1, -0.05) is 42.3 Å². The van der Waals surface area contributed by atoms with Crippen molar-refractivity contribution in [3.05, 3.63) is 74.9 Å². The lowest BCUT2D eigenvalue weighted by molar-refractivity contribution is 0.259. The molecule has 2 aromatic carbocycles. The first-order valence-corrected chi connectivity index (χ1v) is 15.5. The summed E-state index contributed by atoms with van der Waals surface area (Å²) in [5.41, 5.74) is 3.50. The van der Waals surface area contributed by atoms with Gasteiger partial charge in [-0.15, -0.1) is 0 Å². The Kier molecular flexibility index (Phi) is 10.2. The van der Waals surface area contributed by atoms with Gasteiger partial charge in [0, 0.05) is 36.8 Å². The fraction of sp³-hybridized carbons (Fsp3) is 0.414. The van der Waals surface area contributed by atoms with Crippen LogP contribution < -0.4 is 14.2 Å². The first kappa shape index (κ1) is 30.4. The molecule has 8 nitrogen and oxygen atoms in total. The maximum Gasteiger partial charge on any atom is 0.262 e. The first-order chi connectivity index (χ1) is 19.1. The summed E-state index contributed by atoms with van der Waals surface area (Å²) >= 11 is 12.6. The molecule has 0 saturated carbocycles. The third-order valence-corrected chi connectivity index (χ3v) is 9.12. The van der Waals surface area contributed by atoms with E-state index in [0.29, 0.717) is 33.7 Å². The van der Waals surface area contributed by atoms with E-state index < -0.39 is 10.0 Å². The van der Waals surface area contributed by atoms with Crippen LogP contribution in [0.5, 0.6) is 11.6 Å². The Balaban J connectivity index is 1.63. The monoisotopic (exact) mass is 606 g/mol. The van der Waals surface area contributed by atoms with Crippen LogP contribution in [0.2, 0.25) is 10.0 Å². The molecule has 0 aliphatic carbocycles. The van der Waals surface area contributed by atoms with E-state index in [-0.39, 0.29) is 17.4 Å². The largest absolute Gasteiger partial charge is 0.491 e. The molecule has 40 heavy (non-hydrogen) atoms. The minimum absolute atomic E-state index is 0.107. The maximum absolute atomic E-state index is 13.5. The second-order valence-electron chi connectivity index (χ2n) is 10.1. The Hall–Kier alpha value is -2.56. The molecule has 0 unspecified atom stereocenters. The lowest BCUT2D eigenvalue weighted by atomic mass is 10.1. The van der Waals surface area contributed by atoms with Crippen molar-refractivity contribution >= 4 is 38.9 Å². The first-order valence-electron chi connectivity index (χ1n) is 13.3. The number of sulfonamides is 1. The number of benzene rings is 2. The van der Waals surface area contributed by atoms with Gasteiger partial charge in [0.15, 0.2) is 0 Å². The van der Waals surface area contributed by atoms with Gasteiger partial charge in [0.1, 0.15) is 24.7 Å². The second-order valence-corrected chi connectivity index (χ2v) is 12.5. The number of pyridine rings is 1. The minimum atomic E-state index is -3.96. The van der Waals surface area contributed by atoms with Crippen LogP contribution in [-0.4, -0.2) is 70.1 Å². The zero-order valence-electron chi connectivity index (χ0n) is 23.3. The van der Waals surface area contributed by atoms with E-state index >= 15 is 0 Å².